The number of carbonyl (C=O) groups excluding carboxylic acids is 1. The number of carbonyl (C=O) groups is 2. The van der Waals surface area contributed by atoms with E-state index in [0.717, 1.165) is 19.6 Å². The molecular weight excluding hydrogens is 272 g/mol. The van der Waals surface area contributed by atoms with E-state index in [2.05, 4.69) is 4.90 Å². The van der Waals surface area contributed by atoms with Gasteiger partial charge in [-0.25, -0.2) is 0 Å². The van der Waals surface area contributed by atoms with Crippen molar-refractivity contribution in [3.8, 4) is 5.75 Å². The Hall–Kier alpha value is -2.08. The molecule has 1 amide bonds. The second-order valence-electron chi connectivity index (χ2n) is 5.18. The minimum atomic E-state index is -0.771. The highest BCUT2D eigenvalue weighted by atomic mass is 16.4. The van der Waals surface area contributed by atoms with Crippen molar-refractivity contribution in [2.45, 2.75) is 12.8 Å². The fourth-order valence-corrected chi connectivity index (χ4v) is 2.45. The molecule has 0 bridgehead atoms. The first kappa shape index (κ1) is 15.3. The minimum Gasteiger partial charge on any atom is -0.508 e. The summed E-state index contributed by atoms with van der Waals surface area (Å²) in [7, 11) is 0. The van der Waals surface area contributed by atoms with Crippen LogP contribution in [-0.4, -0.2) is 64.6 Å². The lowest BCUT2D eigenvalue weighted by atomic mass is 10.1. The zero-order chi connectivity index (χ0) is 15.2. The predicted octanol–water partition coefficient (Wildman–Crippen LogP) is 1.01. The molecule has 0 unspecified atom stereocenters. The first-order chi connectivity index (χ1) is 10.1. The molecule has 0 radical (unpaired) electrons. The molecule has 0 aliphatic carbocycles. The third-order valence-electron chi connectivity index (χ3n) is 3.62. The smallest absolute Gasteiger partial charge is 0.303 e. The molecule has 1 aromatic carbocycles. The van der Waals surface area contributed by atoms with Crippen molar-refractivity contribution in [2.24, 2.45) is 0 Å². The molecular formula is C15H20N2O4. The molecule has 0 aromatic heterocycles. The lowest BCUT2D eigenvalue weighted by Gasteiger charge is -2.34. The Morgan fingerprint density at radius 1 is 1.14 bits per heavy atom. The molecule has 6 heteroatoms. The molecule has 1 aromatic rings. The highest BCUT2D eigenvalue weighted by Gasteiger charge is 2.22. The van der Waals surface area contributed by atoms with E-state index in [0.29, 0.717) is 25.1 Å². The molecule has 1 saturated heterocycles. The average molecular weight is 292 g/mol. The zero-order valence-electron chi connectivity index (χ0n) is 11.9. The average Bonchev–Trinajstić information content (AvgIpc) is 2.47. The molecule has 1 aliphatic rings. The van der Waals surface area contributed by atoms with Crippen LogP contribution in [0.4, 0.5) is 0 Å². The standard InChI is InChI=1S/C15H20N2O4/c18-13-4-1-3-12(11-13)15(21)17-9-7-16(8-10-17)6-2-5-14(19)20/h1,3-4,11,18H,2,5-10H2,(H,19,20). The maximum Gasteiger partial charge on any atom is 0.303 e. The first-order valence-electron chi connectivity index (χ1n) is 7.09. The van der Waals surface area contributed by atoms with Gasteiger partial charge in [0.05, 0.1) is 0 Å². The van der Waals surface area contributed by atoms with Crippen LogP contribution in [-0.2, 0) is 4.79 Å². The van der Waals surface area contributed by atoms with Gasteiger partial charge in [-0.05, 0) is 31.2 Å². The largest absolute Gasteiger partial charge is 0.508 e. The molecule has 0 atom stereocenters. The minimum absolute atomic E-state index is 0.0731. The van der Waals surface area contributed by atoms with E-state index in [-0.39, 0.29) is 18.1 Å². The monoisotopic (exact) mass is 292 g/mol. The van der Waals surface area contributed by atoms with E-state index in [1.165, 1.54) is 12.1 Å². The number of piperazine rings is 1. The Balaban J connectivity index is 1.81. The number of carboxylic acid groups (broad SMARTS) is 1. The number of hydrogen-bond acceptors (Lipinski definition) is 4. The van der Waals surface area contributed by atoms with Crippen LogP contribution in [0.25, 0.3) is 0 Å². The maximum atomic E-state index is 12.3. The van der Waals surface area contributed by atoms with Gasteiger partial charge in [0.1, 0.15) is 5.75 Å². The van der Waals surface area contributed by atoms with Gasteiger partial charge in [-0.3, -0.25) is 14.5 Å². The van der Waals surface area contributed by atoms with Gasteiger partial charge in [0.25, 0.3) is 5.91 Å². The summed E-state index contributed by atoms with van der Waals surface area (Å²) in [6.45, 7) is 3.51. The van der Waals surface area contributed by atoms with Gasteiger partial charge in [0.2, 0.25) is 0 Å². The summed E-state index contributed by atoms with van der Waals surface area (Å²) >= 11 is 0. The number of nitrogens with zero attached hydrogens (tertiary/aromatic N) is 2. The third kappa shape index (κ3) is 4.46. The van der Waals surface area contributed by atoms with Gasteiger partial charge in [-0.1, -0.05) is 6.07 Å². The third-order valence-corrected chi connectivity index (χ3v) is 3.62. The molecule has 6 nitrogen and oxygen atoms in total. The molecule has 21 heavy (non-hydrogen) atoms. The SMILES string of the molecule is O=C(O)CCCN1CCN(C(=O)c2cccc(O)c2)CC1. The molecule has 0 saturated carbocycles. The Bertz CT molecular complexity index is 510. The number of aromatic hydroxyl groups is 1. The van der Waals surface area contributed by atoms with Gasteiger partial charge in [0.15, 0.2) is 0 Å². The lowest BCUT2D eigenvalue weighted by Crippen LogP contribution is -2.48. The molecule has 1 heterocycles. The van der Waals surface area contributed by atoms with Crippen LogP contribution in [0.15, 0.2) is 24.3 Å². The van der Waals surface area contributed by atoms with E-state index in [9.17, 15) is 14.7 Å². The summed E-state index contributed by atoms with van der Waals surface area (Å²) in [6.07, 6.45) is 0.818. The number of rotatable bonds is 5. The summed E-state index contributed by atoms with van der Waals surface area (Å²) in [4.78, 5) is 26.7. The predicted molar refractivity (Wildman–Crippen MR) is 77.3 cm³/mol. The summed E-state index contributed by atoms with van der Waals surface area (Å²) in [6, 6.07) is 6.37. The van der Waals surface area contributed by atoms with E-state index in [1.54, 1.807) is 17.0 Å². The Morgan fingerprint density at radius 2 is 1.86 bits per heavy atom. The number of phenols is 1. The number of hydrogen-bond donors (Lipinski definition) is 2. The lowest BCUT2D eigenvalue weighted by molar-refractivity contribution is -0.137. The Kier molecular flexibility index (Phi) is 5.16. The molecule has 114 valence electrons. The molecule has 0 spiro atoms. The fraction of sp³-hybridized carbons (Fsp3) is 0.467. The zero-order valence-corrected chi connectivity index (χ0v) is 11.9. The van der Waals surface area contributed by atoms with E-state index in [4.69, 9.17) is 5.11 Å². The van der Waals surface area contributed by atoms with Gasteiger partial charge < -0.3 is 15.1 Å². The van der Waals surface area contributed by atoms with Crippen molar-refractivity contribution < 1.29 is 19.8 Å². The molecule has 1 aliphatic heterocycles. The number of carboxylic acids is 1. The molecule has 1 fully saturated rings. The van der Waals surface area contributed by atoms with Crippen LogP contribution in [0.2, 0.25) is 0 Å². The normalized spacial score (nSPS) is 15.9. The van der Waals surface area contributed by atoms with Crippen molar-refractivity contribution in [1.29, 1.82) is 0 Å². The van der Waals surface area contributed by atoms with Crippen LogP contribution in [0.1, 0.15) is 23.2 Å². The van der Waals surface area contributed by atoms with Crippen molar-refractivity contribution >= 4 is 11.9 Å². The van der Waals surface area contributed by atoms with E-state index < -0.39 is 5.97 Å². The number of aliphatic carboxylic acids is 1. The second kappa shape index (κ2) is 7.08. The van der Waals surface area contributed by atoms with Gasteiger partial charge in [-0.15, -0.1) is 0 Å². The molecule has 2 rings (SSSR count). The van der Waals surface area contributed by atoms with Crippen LogP contribution in [0, 0.1) is 0 Å². The van der Waals surface area contributed by atoms with Crippen molar-refractivity contribution in [2.75, 3.05) is 32.7 Å². The summed E-state index contributed by atoms with van der Waals surface area (Å²) in [5.74, 6) is -0.753. The Morgan fingerprint density at radius 3 is 2.48 bits per heavy atom. The van der Waals surface area contributed by atoms with E-state index >= 15 is 0 Å². The topological polar surface area (TPSA) is 81.1 Å². The van der Waals surface area contributed by atoms with Gasteiger partial charge in [0, 0.05) is 38.2 Å². The Labute approximate surface area is 123 Å². The van der Waals surface area contributed by atoms with Crippen LogP contribution >= 0.6 is 0 Å². The van der Waals surface area contributed by atoms with Crippen molar-refractivity contribution in [1.82, 2.24) is 9.80 Å². The highest BCUT2D eigenvalue weighted by molar-refractivity contribution is 5.94. The number of amides is 1. The van der Waals surface area contributed by atoms with Gasteiger partial charge in [-0.2, -0.15) is 0 Å². The quantitative estimate of drug-likeness (QED) is 0.846. The summed E-state index contributed by atoms with van der Waals surface area (Å²) in [5, 5.41) is 18.0. The van der Waals surface area contributed by atoms with Crippen LogP contribution < -0.4 is 0 Å². The van der Waals surface area contributed by atoms with Crippen LogP contribution in [0.5, 0.6) is 5.75 Å². The van der Waals surface area contributed by atoms with Crippen molar-refractivity contribution in [3.05, 3.63) is 29.8 Å². The first-order valence-corrected chi connectivity index (χ1v) is 7.09. The van der Waals surface area contributed by atoms with Crippen molar-refractivity contribution in [3.63, 3.8) is 0 Å². The second-order valence-corrected chi connectivity index (χ2v) is 5.18. The summed E-state index contributed by atoms with van der Waals surface area (Å²) < 4.78 is 0. The highest BCUT2D eigenvalue weighted by Crippen LogP contribution is 2.14. The van der Waals surface area contributed by atoms with Crippen LogP contribution in [0.3, 0.4) is 0 Å². The maximum absolute atomic E-state index is 12.3. The summed E-state index contributed by atoms with van der Waals surface area (Å²) in [5.41, 5.74) is 0.495. The number of phenolic OH excluding ortho intramolecular Hbond substituents is 1. The molecule has 2 N–H and O–H groups in total. The van der Waals surface area contributed by atoms with Gasteiger partial charge >= 0.3 is 5.97 Å². The fourth-order valence-electron chi connectivity index (χ4n) is 2.45. The van der Waals surface area contributed by atoms with E-state index in [1.807, 2.05) is 0 Å². The number of benzene rings is 1.